The molecule has 0 amide bonds. The first-order chi connectivity index (χ1) is 10.7. The Morgan fingerprint density at radius 3 is 0.880 bits per heavy atom. The van der Waals surface area contributed by atoms with Gasteiger partial charge in [-0.25, -0.2) is 4.39 Å². The highest BCUT2D eigenvalue weighted by molar-refractivity contribution is 6.47. The van der Waals surface area contributed by atoms with Crippen LogP contribution >= 0.6 is 69.6 Å². The molecule has 0 aliphatic carbocycles. The van der Waals surface area contributed by atoms with Gasteiger partial charge in [0, 0.05) is 0 Å². The zero-order chi connectivity index (χ0) is 21.7. The third-order valence-electron chi connectivity index (χ3n) is 0.792. The van der Waals surface area contributed by atoms with E-state index in [0.29, 0.717) is 0 Å². The molecule has 0 aromatic heterocycles. The molecule has 0 atom stereocenters. The molecule has 0 fully saturated rings. The molecular weight excluding hydrogens is 518 g/mol. The van der Waals surface area contributed by atoms with Gasteiger partial charge in [0.15, 0.2) is 0 Å². The lowest BCUT2D eigenvalue weighted by Gasteiger charge is -2.11. The van der Waals surface area contributed by atoms with Crippen molar-refractivity contribution in [2.24, 2.45) is 0 Å². The second-order valence-electron chi connectivity index (χ2n) is 2.96. The molecule has 0 N–H and O–H groups in total. The van der Waals surface area contributed by atoms with Gasteiger partial charge in [0.05, 0.1) is 5.88 Å². The molecule has 0 aromatic carbocycles. The maximum atomic E-state index is 11.3. The van der Waals surface area contributed by atoms with Crippen molar-refractivity contribution in [3.05, 3.63) is 0 Å². The van der Waals surface area contributed by atoms with Crippen LogP contribution in [0.3, 0.4) is 0 Å². The predicted octanol–water partition coefficient (Wildman–Crippen LogP) is 7.98. The molecule has 0 bridgehead atoms. The van der Waals surface area contributed by atoms with E-state index < -0.39 is 40.5 Å². The van der Waals surface area contributed by atoms with E-state index in [-0.39, 0.29) is 5.88 Å². The van der Waals surface area contributed by atoms with E-state index in [1.54, 1.807) is 0 Å². The first-order valence-electron chi connectivity index (χ1n) is 4.90. The summed E-state index contributed by atoms with van der Waals surface area (Å²) < 4.78 is 115. The number of rotatable bonds is 1. The van der Waals surface area contributed by atoms with Crippen molar-refractivity contribution in [3.63, 3.8) is 0 Å². The molecular formula is C8H7Cl6F11. The summed E-state index contributed by atoms with van der Waals surface area (Å²) in [7, 11) is 0. The molecule has 0 saturated carbocycles. The van der Waals surface area contributed by atoms with Crippen LogP contribution in [0.1, 0.15) is 0 Å². The number of halogens is 17. The van der Waals surface area contributed by atoms with Crippen LogP contribution in [0.5, 0.6) is 0 Å². The SMILES string of the molecule is FC(F)(F)C(Cl)Cl.FC(F)(F)C(F)(Cl)Cl.FC(F)(F)CCl.FCCCl. The standard InChI is InChI=1S/C2Cl2F4.C2HCl2F3.C2H2ClF3.C2H4ClF/c3-1(4,5)2(6,7)8;3-1(4)2(5,6)7;3-1-2(4,5)6;3-1-2-4/h;1H;1H2;1-2H2. The fraction of sp³-hybridized carbons (Fsp3) is 1.00. The minimum Gasteiger partial charge on any atom is -0.250 e. The lowest BCUT2D eigenvalue weighted by molar-refractivity contribution is -0.170. The third kappa shape index (κ3) is 33.0. The summed E-state index contributed by atoms with van der Waals surface area (Å²) >= 11 is 25.9. The number of hydrogen-bond donors (Lipinski definition) is 0. The van der Waals surface area contributed by atoms with Gasteiger partial charge in [0.2, 0.25) is 4.84 Å². The van der Waals surface area contributed by atoms with Crippen molar-refractivity contribution in [3.8, 4) is 0 Å². The Bertz CT molecular complexity index is 279. The van der Waals surface area contributed by atoms with Crippen molar-refractivity contribution in [1.29, 1.82) is 0 Å². The zero-order valence-electron chi connectivity index (χ0n) is 11.1. The second-order valence-corrected chi connectivity index (χ2v) is 5.94. The Kier molecular flexibility index (Phi) is 20.1. The van der Waals surface area contributed by atoms with Crippen LogP contribution in [0.15, 0.2) is 0 Å². The monoisotopic (exact) mass is 522 g/mol. The van der Waals surface area contributed by atoms with Gasteiger partial charge in [0.25, 0.3) is 0 Å². The molecule has 0 saturated heterocycles. The van der Waals surface area contributed by atoms with E-state index in [4.69, 9.17) is 11.6 Å². The fourth-order valence-electron chi connectivity index (χ4n) is 0. The Morgan fingerprint density at radius 1 is 0.720 bits per heavy atom. The number of alkyl halides is 17. The van der Waals surface area contributed by atoms with Crippen molar-refractivity contribution >= 4 is 69.6 Å². The van der Waals surface area contributed by atoms with Crippen LogP contribution in [0.25, 0.3) is 0 Å². The van der Waals surface area contributed by atoms with Gasteiger partial charge >= 0.3 is 23.1 Å². The van der Waals surface area contributed by atoms with Crippen LogP contribution < -0.4 is 0 Å². The topological polar surface area (TPSA) is 0 Å². The Labute approximate surface area is 164 Å². The van der Waals surface area contributed by atoms with Gasteiger partial charge in [-0.1, -0.05) is 46.4 Å². The summed E-state index contributed by atoms with van der Waals surface area (Å²) in [5.41, 5.74) is 0. The Hall–Kier alpha value is 0.970. The van der Waals surface area contributed by atoms with Crippen molar-refractivity contribution < 1.29 is 48.3 Å². The highest BCUT2D eigenvalue weighted by Crippen LogP contribution is 2.40. The summed E-state index contributed by atoms with van der Waals surface area (Å²) in [5.74, 6) is -1.13. The Morgan fingerprint density at radius 2 is 0.880 bits per heavy atom. The smallest absolute Gasteiger partial charge is 0.250 e. The molecule has 17 heteroatoms. The van der Waals surface area contributed by atoms with Gasteiger partial charge in [-0.05, 0) is 0 Å². The summed E-state index contributed by atoms with van der Waals surface area (Å²) in [6.45, 7) is -0.415. The fourth-order valence-corrected chi connectivity index (χ4v) is 0. The van der Waals surface area contributed by atoms with Crippen LogP contribution in [-0.4, -0.2) is 46.4 Å². The quantitative estimate of drug-likeness (QED) is 0.241. The average Bonchev–Trinajstić information content (AvgIpc) is 2.36. The van der Waals surface area contributed by atoms with Crippen molar-refractivity contribution in [1.82, 2.24) is 0 Å². The molecule has 0 spiro atoms. The van der Waals surface area contributed by atoms with Crippen molar-refractivity contribution in [2.45, 2.75) is 28.0 Å². The second kappa shape index (κ2) is 15.0. The van der Waals surface area contributed by atoms with Gasteiger partial charge < -0.3 is 0 Å². The lowest BCUT2D eigenvalue weighted by atomic mass is 10.7. The molecule has 25 heavy (non-hydrogen) atoms. The molecule has 0 aliphatic heterocycles. The van der Waals surface area contributed by atoms with Crippen LogP contribution in [-0.2, 0) is 0 Å². The molecule has 0 heterocycles. The summed E-state index contributed by atoms with van der Waals surface area (Å²) in [4.78, 5) is -2.26. The minimum atomic E-state index is -5.20. The summed E-state index contributed by atoms with van der Waals surface area (Å²) in [6.07, 6.45) is -13.9. The largest absolute Gasteiger partial charge is 0.452 e. The highest BCUT2D eigenvalue weighted by atomic mass is 35.5. The molecule has 158 valence electrons. The first-order valence-corrected chi connectivity index (χ1v) is 7.60. The van der Waals surface area contributed by atoms with Gasteiger partial charge in [-0.15, -0.1) is 23.2 Å². The van der Waals surface area contributed by atoms with E-state index >= 15 is 0 Å². The van der Waals surface area contributed by atoms with Crippen LogP contribution in [0.4, 0.5) is 48.3 Å². The molecule has 0 rings (SSSR count). The van der Waals surface area contributed by atoms with E-state index in [0.717, 1.165) is 0 Å². The van der Waals surface area contributed by atoms with E-state index in [9.17, 15) is 48.3 Å². The average molecular weight is 525 g/mol. The zero-order valence-corrected chi connectivity index (χ0v) is 15.7. The van der Waals surface area contributed by atoms with E-state index in [1.165, 1.54) is 0 Å². The summed E-state index contributed by atoms with van der Waals surface area (Å²) in [5, 5.41) is 0. The molecule has 0 aromatic rings. The maximum Gasteiger partial charge on any atom is 0.452 e. The minimum absolute atomic E-state index is 0.125. The van der Waals surface area contributed by atoms with E-state index in [1.807, 2.05) is 0 Å². The normalized spacial score (nSPS) is 12.2. The van der Waals surface area contributed by atoms with Crippen LogP contribution in [0, 0.1) is 0 Å². The first kappa shape index (κ1) is 33.5. The maximum absolute atomic E-state index is 11.3. The lowest BCUT2D eigenvalue weighted by Crippen LogP contribution is -2.28. The number of hydrogen-bond acceptors (Lipinski definition) is 0. The molecule has 0 aliphatic rings. The van der Waals surface area contributed by atoms with E-state index in [2.05, 4.69) is 58.0 Å². The van der Waals surface area contributed by atoms with Crippen molar-refractivity contribution in [2.75, 3.05) is 18.4 Å². The molecule has 0 radical (unpaired) electrons. The Balaban J connectivity index is -0.000000121. The molecule has 0 nitrogen and oxygen atoms in total. The van der Waals surface area contributed by atoms with Gasteiger partial charge in [-0.3, -0.25) is 0 Å². The van der Waals surface area contributed by atoms with Crippen LogP contribution in [0.2, 0.25) is 0 Å². The summed E-state index contributed by atoms with van der Waals surface area (Å²) in [6, 6.07) is 0. The molecule has 0 unspecified atom stereocenters. The van der Waals surface area contributed by atoms with Gasteiger partial charge in [0.1, 0.15) is 12.6 Å². The highest BCUT2D eigenvalue weighted by Gasteiger charge is 2.53. The van der Waals surface area contributed by atoms with Gasteiger partial charge in [-0.2, -0.15) is 43.9 Å². The third-order valence-corrected chi connectivity index (χ3v) is 2.16. The predicted molar refractivity (Wildman–Crippen MR) is 76.6 cm³/mol.